The van der Waals surface area contributed by atoms with Gasteiger partial charge in [0.15, 0.2) is 0 Å². The number of nitro benzene ring substituents is 1. The van der Waals surface area contributed by atoms with Gasteiger partial charge < -0.3 is 15.4 Å². The average molecular weight is 409 g/mol. The van der Waals surface area contributed by atoms with Crippen LogP contribution in [-0.2, 0) is 19.6 Å². The monoisotopic (exact) mass is 408 g/mol. The van der Waals surface area contributed by atoms with E-state index in [-0.39, 0.29) is 54.4 Å². The van der Waals surface area contributed by atoms with E-state index in [1.807, 2.05) is 0 Å². The van der Waals surface area contributed by atoms with Gasteiger partial charge >= 0.3 is 0 Å². The molecule has 10 nitrogen and oxygen atoms in total. The molecule has 0 radical (unpaired) electrons. The predicted molar refractivity (Wildman–Crippen MR) is 95.8 cm³/mol. The maximum atomic E-state index is 12.1. The molecular formula is C14H21ClN4O6S. The molecule has 1 heterocycles. The molecule has 1 aliphatic heterocycles. The summed E-state index contributed by atoms with van der Waals surface area (Å²) in [6.07, 6.45) is 0.248. The molecule has 0 aliphatic carbocycles. The lowest BCUT2D eigenvalue weighted by Crippen LogP contribution is -2.45. The summed E-state index contributed by atoms with van der Waals surface area (Å²) < 4.78 is 31.7. The van der Waals surface area contributed by atoms with Crippen LogP contribution in [0.3, 0.4) is 0 Å². The first-order valence-corrected chi connectivity index (χ1v) is 9.19. The van der Waals surface area contributed by atoms with Crippen LogP contribution in [0.25, 0.3) is 0 Å². The number of hydrogen-bond donors (Lipinski definition) is 3. The van der Waals surface area contributed by atoms with E-state index in [1.165, 1.54) is 18.2 Å². The van der Waals surface area contributed by atoms with Crippen LogP contribution in [0.4, 0.5) is 5.69 Å². The van der Waals surface area contributed by atoms with Crippen molar-refractivity contribution in [2.45, 2.75) is 17.4 Å². The number of carbonyl (C=O) groups is 1. The zero-order chi connectivity index (χ0) is 18.3. The molecule has 0 bridgehead atoms. The van der Waals surface area contributed by atoms with Gasteiger partial charge in [-0.15, -0.1) is 12.4 Å². The van der Waals surface area contributed by atoms with E-state index >= 15 is 0 Å². The molecule has 1 aromatic rings. The largest absolute Gasteiger partial charge is 0.378 e. The number of nitrogens with one attached hydrogen (secondary N) is 3. The maximum Gasteiger partial charge on any atom is 0.270 e. The lowest BCUT2D eigenvalue weighted by Gasteiger charge is -2.23. The van der Waals surface area contributed by atoms with E-state index in [1.54, 1.807) is 0 Å². The molecule has 1 atom stereocenters. The summed E-state index contributed by atoms with van der Waals surface area (Å²) in [7, 11) is -3.88. The van der Waals surface area contributed by atoms with Crippen molar-refractivity contribution in [2.75, 3.05) is 32.8 Å². The van der Waals surface area contributed by atoms with Gasteiger partial charge in [0, 0.05) is 44.2 Å². The molecule has 1 fully saturated rings. The second-order valence-corrected chi connectivity index (χ2v) is 7.20. The standard InChI is InChI=1S/C14H20N4O6S.ClH/c19-14(8-11-10-24-7-6-15-11)16-4-5-17-25(22,23)13-3-1-2-12(9-13)18(20)21;/h1-3,9,11,15,17H,4-8,10H2,(H,16,19);1H. The third-order valence-electron chi connectivity index (χ3n) is 3.51. The number of nitrogens with zero attached hydrogens (tertiary/aromatic N) is 1. The highest BCUT2D eigenvalue weighted by molar-refractivity contribution is 7.89. The number of sulfonamides is 1. The van der Waals surface area contributed by atoms with Gasteiger partial charge in [-0.05, 0) is 6.07 Å². The van der Waals surface area contributed by atoms with Crippen molar-refractivity contribution in [3.63, 3.8) is 0 Å². The zero-order valence-electron chi connectivity index (χ0n) is 13.8. The molecule has 146 valence electrons. The van der Waals surface area contributed by atoms with Crippen molar-refractivity contribution in [3.8, 4) is 0 Å². The number of hydrogen-bond acceptors (Lipinski definition) is 7. The first kappa shape index (κ1) is 22.3. The summed E-state index contributed by atoms with van der Waals surface area (Å²) in [6.45, 7) is 1.87. The van der Waals surface area contributed by atoms with Gasteiger partial charge in [-0.25, -0.2) is 13.1 Å². The van der Waals surface area contributed by atoms with Gasteiger partial charge in [-0.2, -0.15) is 0 Å². The van der Waals surface area contributed by atoms with Gasteiger partial charge in [0.2, 0.25) is 15.9 Å². The van der Waals surface area contributed by atoms with Crippen LogP contribution in [0.1, 0.15) is 6.42 Å². The van der Waals surface area contributed by atoms with E-state index in [9.17, 15) is 23.3 Å². The number of non-ortho nitro benzene ring substituents is 1. The van der Waals surface area contributed by atoms with Crippen molar-refractivity contribution in [2.24, 2.45) is 0 Å². The van der Waals surface area contributed by atoms with Gasteiger partial charge in [0.25, 0.3) is 5.69 Å². The summed E-state index contributed by atoms with van der Waals surface area (Å²) in [6, 6.07) is 4.71. The Hall–Kier alpha value is -1.79. The van der Waals surface area contributed by atoms with Crippen LogP contribution in [-0.4, -0.2) is 58.1 Å². The normalized spacial score (nSPS) is 17.2. The van der Waals surface area contributed by atoms with Gasteiger partial charge in [-0.1, -0.05) is 6.07 Å². The highest BCUT2D eigenvalue weighted by Gasteiger charge is 2.18. The Balaban J connectivity index is 0.00000338. The second kappa shape index (κ2) is 10.4. The predicted octanol–water partition coefficient (Wildman–Crippen LogP) is -0.210. The van der Waals surface area contributed by atoms with Crippen LogP contribution >= 0.6 is 12.4 Å². The zero-order valence-corrected chi connectivity index (χ0v) is 15.5. The minimum Gasteiger partial charge on any atom is -0.378 e. The smallest absolute Gasteiger partial charge is 0.270 e. The molecule has 0 saturated carbocycles. The molecule has 1 aromatic carbocycles. The summed E-state index contributed by atoms with van der Waals surface area (Å²) >= 11 is 0. The molecule has 3 N–H and O–H groups in total. The Morgan fingerprint density at radius 3 is 2.81 bits per heavy atom. The Morgan fingerprint density at radius 2 is 2.15 bits per heavy atom. The van der Waals surface area contributed by atoms with Crippen molar-refractivity contribution in [3.05, 3.63) is 34.4 Å². The number of carbonyl (C=O) groups excluding carboxylic acids is 1. The first-order chi connectivity index (χ1) is 11.9. The molecule has 1 unspecified atom stereocenters. The minimum atomic E-state index is -3.88. The Labute approximate surface area is 157 Å². The van der Waals surface area contributed by atoms with Crippen LogP contribution in [0.15, 0.2) is 29.2 Å². The lowest BCUT2D eigenvalue weighted by atomic mass is 10.2. The van der Waals surface area contributed by atoms with Gasteiger partial charge in [-0.3, -0.25) is 14.9 Å². The second-order valence-electron chi connectivity index (χ2n) is 5.43. The van der Waals surface area contributed by atoms with E-state index in [2.05, 4.69) is 15.4 Å². The first-order valence-electron chi connectivity index (χ1n) is 7.70. The maximum absolute atomic E-state index is 12.1. The fourth-order valence-corrected chi connectivity index (χ4v) is 3.35. The van der Waals surface area contributed by atoms with Crippen molar-refractivity contribution in [1.82, 2.24) is 15.4 Å². The molecule has 26 heavy (non-hydrogen) atoms. The SMILES string of the molecule is Cl.O=C(CC1COCCN1)NCCNS(=O)(=O)c1cccc([N+](=O)[O-])c1. The van der Waals surface area contributed by atoms with E-state index < -0.39 is 14.9 Å². The third kappa shape index (κ3) is 6.84. The van der Waals surface area contributed by atoms with Crippen LogP contribution in [0.2, 0.25) is 0 Å². The molecule has 0 spiro atoms. The highest BCUT2D eigenvalue weighted by atomic mass is 35.5. The summed E-state index contributed by atoms with van der Waals surface area (Å²) in [5, 5.41) is 16.5. The lowest BCUT2D eigenvalue weighted by molar-refractivity contribution is -0.385. The van der Waals surface area contributed by atoms with Gasteiger partial charge in [0.1, 0.15) is 0 Å². The Kier molecular flexibility index (Phi) is 8.88. The summed E-state index contributed by atoms with van der Waals surface area (Å²) in [5.41, 5.74) is -0.307. The van der Waals surface area contributed by atoms with Gasteiger partial charge in [0.05, 0.1) is 23.0 Å². The molecule has 1 aliphatic rings. The molecule has 1 saturated heterocycles. The molecule has 2 rings (SSSR count). The van der Waals surface area contributed by atoms with Crippen LogP contribution < -0.4 is 15.4 Å². The topological polar surface area (TPSA) is 140 Å². The molecule has 12 heteroatoms. The minimum absolute atomic E-state index is 0. The van der Waals surface area contributed by atoms with E-state index in [0.29, 0.717) is 19.8 Å². The summed E-state index contributed by atoms with van der Waals surface area (Å²) in [4.78, 5) is 21.6. The number of ether oxygens (including phenoxy) is 1. The van der Waals surface area contributed by atoms with Crippen LogP contribution in [0, 0.1) is 10.1 Å². The number of morpholine rings is 1. The average Bonchev–Trinajstić information content (AvgIpc) is 2.60. The quantitative estimate of drug-likeness (QED) is 0.307. The fraction of sp³-hybridized carbons (Fsp3) is 0.500. The number of nitro groups is 1. The van der Waals surface area contributed by atoms with Crippen LogP contribution in [0.5, 0.6) is 0 Å². The number of rotatable bonds is 8. The molecule has 0 aromatic heterocycles. The van der Waals surface area contributed by atoms with Crippen molar-refractivity contribution in [1.29, 1.82) is 0 Å². The number of amides is 1. The molecular weight excluding hydrogens is 388 g/mol. The summed E-state index contributed by atoms with van der Waals surface area (Å²) in [5.74, 6) is -0.211. The number of halogens is 1. The highest BCUT2D eigenvalue weighted by Crippen LogP contribution is 2.16. The van der Waals surface area contributed by atoms with E-state index in [0.717, 1.165) is 6.07 Å². The number of benzene rings is 1. The molecule has 1 amide bonds. The van der Waals surface area contributed by atoms with Crippen molar-refractivity contribution >= 4 is 34.0 Å². The Bertz CT molecular complexity index is 724. The fourth-order valence-electron chi connectivity index (χ4n) is 2.28. The third-order valence-corrected chi connectivity index (χ3v) is 4.97. The van der Waals surface area contributed by atoms with Crippen molar-refractivity contribution < 1.29 is 22.9 Å². The van der Waals surface area contributed by atoms with E-state index in [4.69, 9.17) is 4.74 Å². The Morgan fingerprint density at radius 1 is 1.38 bits per heavy atom.